The van der Waals surface area contributed by atoms with E-state index >= 15 is 0 Å². The first kappa shape index (κ1) is 20.6. The first-order chi connectivity index (χ1) is 13.5. The fourth-order valence-electron chi connectivity index (χ4n) is 3.38. The lowest BCUT2D eigenvalue weighted by atomic mass is 10.1. The molecular formula is C20H25N3O4S. The highest BCUT2D eigenvalue weighted by Gasteiger charge is 2.29. The molecule has 0 aliphatic carbocycles. The number of nitrogens with zero attached hydrogens (tertiary/aromatic N) is 2. The number of hydrogen-bond donors (Lipinski definition) is 3. The van der Waals surface area contributed by atoms with Crippen LogP contribution in [0.2, 0.25) is 0 Å². The molecule has 7 nitrogen and oxygen atoms in total. The summed E-state index contributed by atoms with van der Waals surface area (Å²) < 4.78 is 11.9. The van der Waals surface area contributed by atoms with Gasteiger partial charge >= 0.3 is 0 Å². The normalized spacial score (nSPS) is 18.5. The van der Waals surface area contributed by atoms with Gasteiger partial charge in [-0.3, -0.25) is 18.9 Å². The number of aromatic nitrogens is 1. The van der Waals surface area contributed by atoms with Gasteiger partial charge in [0.15, 0.2) is 0 Å². The first-order valence-corrected chi connectivity index (χ1v) is 10.5. The van der Waals surface area contributed by atoms with Gasteiger partial charge in [0.05, 0.1) is 47.4 Å². The van der Waals surface area contributed by atoms with Crippen molar-refractivity contribution in [3.05, 3.63) is 58.9 Å². The maximum absolute atomic E-state index is 12.7. The van der Waals surface area contributed by atoms with Gasteiger partial charge < -0.3 is 15.5 Å². The third-order valence-electron chi connectivity index (χ3n) is 5.00. The zero-order chi connectivity index (χ0) is 20.3. The molecule has 3 N–H and O–H groups in total. The van der Waals surface area contributed by atoms with Crippen molar-refractivity contribution in [1.82, 2.24) is 15.2 Å². The van der Waals surface area contributed by atoms with Crippen LogP contribution in [0.15, 0.2) is 41.4 Å². The number of aliphatic hydroxyl groups is 2. The second-order valence-corrected chi connectivity index (χ2v) is 8.53. The van der Waals surface area contributed by atoms with E-state index in [0.717, 1.165) is 21.7 Å². The second kappa shape index (κ2) is 8.91. The molecule has 0 spiro atoms. The van der Waals surface area contributed by atoms with Gasteiger partial charge in [-0.1, -0.05) is 19.1 Å². The minimum Gasteiger partial charge on any atom is -0.394 e. The number of aliphatic hydroxyl groups excluding tert-OH is 2. The van der Waals surface area contributed by atoms with Crippen LogP contribution in [0.1, 0.15) is 46.2 Å². The molecule has 0 fully saturated rings. The topological polar surface area (TPSA) is 103 Å². The summed E-state index contributed by atoms with van der Waals surface area (Å²) in [5, 5.41) is 22.1. The van der Waals surface area contributed by atoms with Crippen molar-refractivity contribution >= 4 is 16.7 Å². The first-order valence-electron chi connectivity index (χ1n) is 9.18. The Balaban J connectivity index is 1.74. The molecule has 1 aromatic heterocycles. The molecule has 28 heavy (non-hydrogen) atoms. The highest BCUT2D eigenvalue weighted by Crippen LogP contribution is 2.30. The molecule has 1 aliphatic heterocycles. The van der Waals surface area contributed by atoms with Crippen LogP contribution in [-0.4, -0.2) is 56.2 Å². The minimum absolute atomic E-state index is 0.0204. The third-order valence-corrected chi connectivity index (χ3v) is 6.32. The molecule has 3 unspecified atom stereocenters. The van der Waals surface area contributed by atoms with Crippen molar-refractivity contribution in [2.45, 2.75) is 30.4 Å². The third kappa shape index (κ3) is 4.15. The zero-order valence-corrected chi connectivity index (χ0v) is 16.8. The smallest absolute Gasteiger partial charge is 0.253 e. The van der Waals surface area contributed by atoms with E-state index in [1.165, 1.54) is 6.20 Å². The van der Waals surface area contributed by atoms with Crippen molar-refractivity contribution in [1.29, 1.82) is 0 Å². The van der Waals surface area contributed by atoms with E-state index < -0.39 is 16.8 Å². The van der Waals surface area contributed by atoms with Gasteiger partial charge in [0, 0.05) is 23.4 Å². The van der Waals surface area contributed by atoms with Gasteiger partial charge in [-0.25, -0.2) is 0 Å². The van der Waals surface area contributed by atoms with Crippen LogP contribution in [0.5, 0.6) is 0 Å². The summed E-state index contributed by atoms with van der Waals surface area (Å²) in [6, 6.07) is 8.11. The largest absolute Gasteiger partial charge is 0.394 e. The Bertz CT molecular complexity index is 872. The van der Waals surface area contributed by atoms with Crippen molar-refractivity contribution in [3.8, 4) is 0 Å². The van der Waals surface area contributed by atoms with Crippen LogP contribution in [0, 0.1) is 0 Å². The van der Waals surface area contributed by atoms with Crippen LogP contribution < -0.4 is 5.32 Å². The zero-order valence-electron chi connectivity index (χ0n) is 16.0. The number of benzene rings is 1. The second-order valence-electron chi connectivity index (χ2n) is 6.79. The molecule has 2 aromatic rings. The molecule has 1 aromatic carbocycles. The van der Waals surface area contributed by atoms with Gasteiger partial charge in [0.1, 0.15) is 0 Å². The van der Waals surface area contributed by atoms with Crippen LogP contribution in [0.25, 0.3) is 0 Å². The molecule has 2 heterocycles. The maximum atomic E-state index is 12.7. The molecule has 1 aliphatic rings. The van der Waals surface area contributed by atoms with E-state index in [4.69, 9.17) is 0 Å². The van der Waals surface area contributed by atoms with Crippen molar-refractivity contribution in [2.24, 2.45) is 0 Å². The molecule has 0 saturated carbocycles. The summed E-state index contributed by atoms with van der Waals surface area (Å²) >= 11 is 0. The van der Waals surface area contributed by atoms with Gasteiger partial charge in [-0.15, -0.1) is 0 Å². The average Bonchev–Trinajstić information content (AvgIpc) is 3.05. The van der Waals surface area contributed by atoms with E-state index in [-0.39, 0.29) is 25.2 Å². The quantitative estimate of drug-likeness (QED) is 0.641. The Hall–Kier alpha value is -2.13. The highest BCUT2D eigenvalue weighted by molar-refractivity contribution is 7.85. The van der Waals surface area contributed by atoms with Gasteiger partial charge in [0.25, 0.3) is 5.91 Å². The van der Waals surface area contributed by atoms with Gasteiger partial charge in [-0.2, -0.15) is 0 Å². The van der Waals surface area contributed by atoms with E-state index in [9.17, 15) is 19.2 Å². The molecule has 0 saturated heterocycles. The van der Waals surface area contributed by atoms with Gasteiger partial charge in [0.2, 0.25) is 0 Å². The lowest BCUT2D eigenvalue weighted by molar-refractivity contribution is 0.0915. The van der Waals surface area contributed by atoms with Crippen molar-refractivity contribution in [3.63, 3.8) is 0 Å². The summed E-state index contributed by atoms with van der Waals surface area (Å²) in [6.45, 7) is 2.20. The summed E-state index contributed by atoms with van der Waals surface area (Å²) in [7, 11) is 0.861. The fraction of sp³-hybridized carbons (Fsp3) is 0.400. The Morgan fingerprint density at radius 3 is 2.68 bits per heavy atom. The summed E-state index contributed by atoms with van der Waals surface area (Å²) in [5.41, 5.74) is 2.86. The SMILES string of the molecule is CCS(=O)c1ccc(C(CO)NC(=O)c2cnc3c(c2)CN(C)C3CO)cc1. The van der Waals surface area contributed by atoms with Gasteiger partial charge in [-0.05, 0) is 36.4 Å². The van der Waals surface area contributed by atoms with Crippen LogP contribution >= 0.6 is 0 Å². The fourth-order valence-corrected chi connectivity index (χ4v) is 4.15. The summed E-state index contributed by atoms with van der Waals surface area (Å²) in [6.07, 6.45) is 1.50. The molecule has 0 radical (unpaired) electrons. The Morgan fingerprint density at radius 2 is 2.07 bits per heavy atom. The number of carbonyl (C=O) groups excluding carboxylic acids is 1. The number of carbonyl (C=O) groups is 1. The lowest BCUT2D eigenvalue weighted by Gasteiger charge is -2.17. The molecule has 150 valence electrons. The highest BCUT2D eigenvalue weighted by atomic mass is 32.2. The predicted molar refractivity (Wildman–Crippen MR) is 106 cm³/mol. The molecule has 3 rings (SSSR count). The van der Waals surface area contributed by atoms with Crippen LogP contribution in [0.4, 0.5) is 0 Å². The number of hydrogen-bond acceptors (Lipinski definition) is 6. The molecule has 1 amide bonds. The average molecular weight is 404 g/mol. The van der Waals surface area contributed by atoms with E-state index in [2.05, 4.69) is 10.3 Å². The maximum Gasteiger partial charge on any atom is 0.253 e. The van der Waals surface area contributed by atoms with E-state index in [1.54, 1.807) is 30.3 Å². The molecular weight excluding hydrogens is 378 g/mol. The minimum atomic E-state index is -1.04. The van der Waals surface area contributed by atoms with Crippen LogP contribution in [-0.2, 0) is 17.3 Å². The van der Waals surface area contributed by atoms with Crippen LogP contribution in [0.3, 0.4) is 0 Å². The van der Waals surface area contributed by atoms with E-state index in [1.807, 2.05) is 18.9 Å². The summed E-state index contributed by atoms with van der Waals surface area (Å²) in [4.78, 5) is 19.7. The number of pyridine rings is 1. The Labute approximate surface area is 166 Å². The molecule has 8 heteroatoms. The Kier molecular flexibility index (Phi) is 6.56. The van der Waals surface area contributed by atoms with E-state index in [0.29, 0.717) is 17.9 Å². The number of likely N-dealkylation sites (N-methyl/N-ethyl adjacent to an activating group) is 1. The monoisotopic (exact) mass is 403 g/mol. The van der Waals surface area contributed by atoms with Crippen molar-refractivity contribution < 1.29 is 19.2 Å². The Morgan fingerprint density at radius 1 is 1.36 bits per heavy atom. The van der Waals surface area contributed by atoms with Crippen molar-refractivity contribution in [2.75, 3.05) is 26.0 Å². The molecule has 0 bridgehead atoms. The number of fused-ring (bicyclic) bond motifs is 1. The summed E-state index contributed by atoms with van der Waals surface area (Å²) in [5.74, 6) is 0.211. The standard InChI is InChI=1S/C20H25N3O4S/c1-3-28(27)16-6-4-13(5-7-16)17(11-24)22-20(26)14-8-15-10-23(2)18(12-25)19(15)21-9-14/h4-9,17-18,24-25H,3,10-12H2,1-2H3,(H,22,26). The predicted octanol–water partition coefficient (Wildman–Crippen LogP) is 1.15. The molecule has 3 atom stereocenters. The number of amides is 1. The number of nitrogens with one attached hydrogen (secondary N) is 1. The number of rotatable bonds is 7. The lowest BCUT2D eigenvalue weighted by Crippen LogP contribution is -2.31.